The maximum atomic E-state index is 13.4. The highest BCUT2D eigenvalue weighted by molar-refractivity contribution is 9.10. The van der Waals surface area contributed by atoms with E-state index in [0.29, 0.717) is 10.9 Å². The summed E-state index contributed by atoms with van der Waals surface area (Å²) in [5, 5.41) is 3.17. The summed E-state index contributed by atoms with van der Waals surface area (Å²) in [6.45, 7) is 0. The smallest absolute Gasteiger partial charge is 0.124 e. The second-order valence-corrected chi connectivity index (χ2v) is 6.16. The summed E-state index contributed by atoms with van der Waals surface area (Å²) in [6.07, 6.45) is 0.624. The van der Waals surface area contributed by atoms with Crippen LogP contribution in [0.2, 0.25) is 0 Å². The molecule has 1 atom stereocenters. The number of likely N-dealkylation sites (N-methyl/N-ethyl adjacent to an activating group) is 1. The average molecular weight is 405 g/mol. The zero-order valence-electron chi connectivity index (χ0n) is 10.8. The van der Waals surface area contributed by atoms with E-state index in [1.165, 1.54) is 24.3 Å². The molecule has 2 rings (SSSR count). The molecule has 0 radical (unpaired) electrons. The van der Waals surface area contributed by atoms with Gasteiger partial charge < -0.3 is 5.32 Å². The third kappa shape index (κ3) is 3.65. The normalized spacial score (nSPS) is 12.4. The van der Waals surface area contributed by atoms with Crippen molar-refractivity contribution in [3.05, 3.63) is 68.1 Å². The Morgan fingerprint density at radius 3 is 2.30 bits per heavy atom. The van der Waals surface area contributed by atoms with Gasteiger partial charge in [0.1, 0.15) is 11.6 Å². The quantitative estimate of drug-likeness (QED) is 0.756. The number of hydrogen-bond donors (Lipinski definition) is 1. The van der Waals surface area contributed by atoms with Crippen molar-refractivity contribution in [3.8, 4) is 0 Å². The lowest BCUT2D eigenvalue weighted by Crippen LogP contribution is -2.19. The molecule has 5 heteroatoms. The summed E-state index contributed by atoms with van der Waals surface area (Å²) in [5.74, 6) is -0.560. The first-order valence-electron chi connectivity index (χ1n) is 6.07. The van der Waals surface area contributed by atoms with Crippen LogP contribution < -0.4 is 5.32 Å². The van der Waals surface area contributed by atoms with Crippen LogP contribution in [-0.4, -0.2) is 7.05 Å². The zero-order chi connectivity index (χ0) is 14.7. The summed E-state index contributed by atoms with van der Waals surface area (Å²) in [4.78, 5) is 0. The minimum absolute atomic E-state index is 0.0677. The summed E-state index contributed by atoms with van der Waals surface area (Å²) in [7, 11) is 1.82. The number of halogens is 4. The third-order valence-electron chi connectivity index (χ3n) is 3.12. The van der Waals surface area contributed by atoms with Crippen LogP contribution in [0.3, 0.4) is 0 Å². The van der Waals surface area contributed by atoms with E-state index in [9.17, 15) is 8.78 Å². The van der Waals surface area contributed by atoms with Gasteiger partial charge >= 0.3 is 0 Å². The van der Waals surface area contributed by atoms with Gasteiger partial charge in [-0.3, -0.25) is 0 Å². The molecule has 2 aromatic carbocycles. The fourth-order valence-corrected chi connectivity index (χ4v) is 3.09. The first-order valence-corrected chi connectivity index (χ1v) is 7.66. The van der Waals surface area contributed by atoms with Crippen LogP contribution in [0, 0.1) is 11.6 Å². The first-order chi connectivity index (χ1) is 9.51. The lowest BCUT2D eigenvalue weighted by atomic mass is 9.99. The molecule has 0 aromatic heterocycles. The molecular weight excluding hydrogens is 392 g/mol. The van der Waals surface area contributed by atoms with E-state index in [0.717, 1.165) is 15.6 Å². The highest BCUT2D eigenvalue weighted by atomic mass is 79.9. The SMILES string of the molecule is CNC(Cc1ccc(F)cc1Br)c1cc(F)ccc1Br. The largest absolute Gasteiger partial charge is 0.313 e. The van der Waals surface area contributed by atoms with Gasteiger partial charge in [0.15, 0.2) is 0 Å². The Hall–Kier alpha value is -0.780. The molecule has 1 N–H and O–H groups in total. The zero-order valence-corrected chi connectivity index (χ0v) is 13.9. The van der Waals surface area contributed by atoms with Gasteiger partial charge in [0, 0.05) is 15.0 Å². The van der Waals surface area contributed by atoms with Gasteiger partial charge in [0.2, 0.25) is 0 Å². The van der Waals surface area contributed by atoms with E-state index >= 15 is 0 Å². The van der Waals surface area contributed by atoms with Crippen LogP contribution >= 0.6 is 31.9 Å². The van der Waals surface area contributed by atoms with Crippen LogP contribution in [0.25, 0.3) is 0 Å². The van der Waals surface area contributed by atoms with Gasteiger partial charge in [-0.15, -0.1) is 0 Å². The summed E-state index contributed by atoms with van der Waals surface area (Å²) < 4.78 is 28.1. The first kappa shape index (κ1) is 15.6. The van der Waals surface area contributed by atoms with Crippen LogP contribution in [0.15, 0.2) is 45.3 Å². The van der Waals surface area contributed by atoms with Crippen LogP contribution in [-0.2, 0) is 6.42 Å². The standard InChI is InChI=1S/C15H13Br2F2N/c1-20-15(12-7-10(18)4-5-13(12)16)6-9-2-3-11(19)8-14(9)17/h2-5,7-8,15,20H,6H2,1H3. The monoisotopic (exact) mass is 403 g/mol. The van der Waals surface area contributed by atoms with Crippen molar-refractivity contribution in [2.75, 3.05) is 7.05 Å². The summed E-state index contributed by atoms with van der Waals surface area (Å²) in [6, 6.07) is 9.13. The van der Waals surface area contributed by atoms with Crippen molar-refractivity contribution in [1.82, 2.24) is 5.32 Å². The van der Waals surface area contributed by atoms with Crippen LogP contribution in [0.4, 0.5) is 8.78 Å². The van der Waals surface area contributed by atoms with Gasteiger partial charge in [-0.05, 0) is 54.9 Å². The minimum atomic E-state index is -0.284. The van der Waals surface area contributed by atoms with E-state index in [1.54, 1.807) is 12.1 Å². The number of rotatable bonds is 4. The molecule has 0 aliphatic carbocycles. The maximum absolute atomic E-state index is 13.4. The number of nitrogens with one attached hydrogen (secondary N) is 1. The van der Waals surface area contributed by atoms with Gasteiger partial charge in [-0.2, -0.15) is 0 Å². The van der Waals surface area contributed by atoms with E-state index in [-0.39, 0.29) is 17.7 Å². The molecule has 106 valence electrons. The molecule has 20 heavy (non-hydrogen) atoms. The van der Waals surface area contributed by atoms with Crippen LogP contribution in [0.5, 0.6) is 0 Å². The molecule has 0 saturated carbocycles. The summed E-state index contributed by atoms with van der Waals surface area (Å²) in [5.41, 5.74) is 1.80. The number of benzene rings is 2. The highest BCUT2D eigenvalue weighted by Crippen LogP contribution is 2.29. The molecule has 0 fully saturated rings. The fourth-order valence-electron chi connectivity index (χ4n) is 2.06. The molecule has 0 spiro atoms. The maximum Gasteiger partial charge on any atom is 0.124 e. The Labute approximate surface area is 133 Å². The predicted molar refractivity (Wildman–Crippen MR) is 83.7 cm³/mol. The molecule has 0 heterocycles. The third-order valence-corrected chi connectivity index (χ3v) is 4.58. The van der Waals surface area contributed by atoms with Gasteiger partial charge in [0.25, 0.3) is 0 Å². The van der Waals surface area contributed by atoms with Crippen molar-refractivity contribution >= 4 is 31.9 Å². The Balaban J connectivity index is 2.31. The Bertz CT molecular complexity index is 617. The Kier molecular flexibility index (Phi) is 5.29. The molecule has 0 bridgehead atoms. The van der Waals surface area contributed by atoms with Crippen molar-refractivity contribution in [2.45, 2.75) is 12.5 Å². The van der Waals surface area contributed by atoms with E-state index < -0.39 is 0 Å². The van der Waals surface area contributed by atoms with Gasteiger partial charge in [-0.25, -0.2) is 8.78 Å². The van der Waals surface area contributed by atoms with Crippen molar-refractivity contribution < 1.29 is 8.78 Å². The van der Waals surface area contributed by atoms with E-state index in [4.69, 9.17) is 0 Å². The molecule has 1 nitrogen and oxygen atoms in total. The summed E-state index contributed by atoms with van der Waals surface area (Å²) >= 11 is 6.79. The van der Waals surface area contributed by atoms with Crippen molar-refractivity contribution in [1.29, 1.82) is 0 Å². The lowest BCUT2D eigenvalue weighted by Gasteiger charge is -2.19. The van der Waals surface area contributed by atoms with Crippen LogP contribution in [0.1, 0.15) is 17.2 Å². The molecule has 0 saturated heterocycles. The predicted octanol–water partition coefficient (Wildman–Crippen LogP) is 4.99. The molecule has 1 unspecified atom stereocenters. The average Bonchev–Trinajstić information content (AvgIpc) is 2.41. The molecule has 0 aliphatic rings. The Morgan fingerprint density at radius 2 is 1.65 bits per heavy atom. The van der Waals surface area contributed by atoms with Crippen molar-refractivity contribution in [2.24, 2.45) is 0 Å². The molecule has 0 amide bonds. The van der Waals surface area contributed by atoms with Gasteiger partial charge in [0.05, 0.1) is 0 Å². The molecule has 2 aromatic rings. The second kappa shape index (κ2) is 6.78. The van der Waals surface area contributed by atoms with E-state index in [2.05, 4.69) is 37.2 Å². The second-order valence-electron chi connectivity index (χ2n) is 4.45. The van der Waals surface area contributed by atoms with Gasteiger partial charge in [-0.1, -0.05) is 37.9 Å². The Morgan fingerprint density at radius 1 is 1.00 bits per heavy atom. The topological polar surface area (TPSA) is 12.0 Å². The fraction of sp³-hybridized carbons (Fsp3) is 0.200. The lowest BCUT2D eigenvalue weighted by molar-refractivity contribution is 0.572. The minimum Gasteiger partial charge on any atom is -0.313 e. The molecular formula is C15H13Br2F2N. The van der Waals surface area contributed by atoms with E-state index in [1.807, 2.05) is 7.05 Å². The number of hydrogen-bond acceptors (Lipinski definition) is 1. The highest BCUT2D eigenvalue weighted by Gasteiger charge is 2.16. The van der Waals surface area contributed by atoms with Crippen molar-refractivity contribution in [3.63, 3.8) is 0 Å². The molecule has 0 aliphatic heterocycles.